The van der Waals surface area contributed by atoms with Crippen LogP contribution in [0.2, 0.25) is 0 Å². The molecule has 0 amide bonds. The van der Waals surface area contributed by atoms with Crippen molar-refractivity contribution in [2.75, 3.05) is 5.73 Å². The van der Waals surface area contributed by atoms with Crippen molar-refractivity contribution in [1.29, 1.82) is 0 Å². The first-order valence-corrected chi connectivity index (χ1v) is 5.78. The van der Waals surface area contributed by atoms with Crippen molar-refractivity contribution in [1.82, 2.24) is 0 Å². The van der Waals surface area contributed by atoms with E-state index in [0.717, 1.165) is 0 Å². The van der Waals surface area contributed by atoms with E-state index in [1.54, 1.807) is 42.5 Å². The van der Waals surface area contributed by atoms with Crippen LogP contribution in [0.25, 0.3) is 0 Å². The van der Waals surface area contributed by atoms with Gasteiger partial charge >= 0.3 is 29.0 Å². The summed E-state index contributed by atoms with van der Waals surface area (Å²) in [4.78, 5) is 23.0. The number of hydrogen-bond acceptors (Lipinski definition) is 3. The molecular formula is C15H21MgNO6. The summed E-state index contributed by atoms with van der Waals surface area (Å²) in [5.74, 6) is -1.18. The van der Waals surface area contributed by atoms with Gasteiger partial charge in [-0.05, 0) is 11.6 Å². The van der Waals surface area contributed by atoms with Crippen LogP contribution in [0.15, 0.2) is 48.5 Å². The number of nitrogens with two attached hydrogens (primary N) is 1. The Morgan fingerprint density at radius 2 is 1.52 bits per heavy atom. The minimum absolute atomic E-state index is 0. The van der Waals surface area contributed by atoms with Crippen molar-refractivity contribution < 1.29 is 34.0 Å². The second-order valence-electron chi connectivity index (χ2n) is 4.14. The molecule has 8 heteroatoms. The number of carboxylic acid groups (broad SMARTS) is 1. The average Bonchev–Trinajstić information content (AvgIpc) is 2.41. The molecule has 0 aromatic heterocycles. The van der Waals surface area contributed by atoms with Crippen LogP contribution in [-0.4, -0.2) is 56.3 Å². The molecule has 0 aliphatic carbocycles. The number of carboxylic acids is 1. The third-order valence-electron chi connectivity index (χ3n) is 2.82. The van der Waals surface area contributed by atoms with E-state index >= 15 is 0 Å². The topological polar surface area (TPSA) is 175 Å². The van der Waals surface area contributed by atoms with Gasteiger partial charge < -0.3 is 30.1 Å². The molecule has 0 aliphatic rings. The van der Waals surface area contributed by atoms with Crippen LogP contribution in [0.4, 0.5) is 5.69 Å². The van der Waals surface area contributed by atoms with Crippen LogP contribution in [-0.2, 0) is 11.2 Å². The van der Waals surface area contributed by atoms with Crippen molar-refractivity contribution in [3.8, 4) is 0 Å². The van der Waals surface area contributed by atoms with Gasteiger partial charge in [-0.15, -0.1) is 0 Å². The zero-order valence-electron chi connectivity index (χ0n) is 14.4. The first kappa shape index (κ1) is 26.0. The molecule has 0 spiro atoms. The second kappa shape index (κ2) is 11.6. The van der Waals surface area contributed by atoms with Crippen molar-refractivity contribution in [3.05, 3.63) is 65.2 Å². The van der Waals surface area contributed by atoms with E-state index in [9.17, 15) is 9.59 Å². The summed E-state index contributed by atoms with van der Waals surface area (Å²) in [5, 5.41) is 8.80. The SMILES string of the molecule is Nc1c(CC(=O)O)cccc1C(=O)c1ccccc1.O.O.O.[H-].[H-].[Mg+2]. The fourth-order valence-corrected chi connectivity index (χ4v) is 1.87. The largest absolute Gasteiger partial charge is 2.00 e. The molecule has 23 heavy (non-hydrogen) atoms. The summed E-state index contributed by atoms with van der Waals surface area (Å²) in [6.45, 7) is 0. The Morgan fingerprint density at radius 1 is 0.957 bits per heavy atom. The molecule has 0 heterocycles. The van der Waals surface area contributed by atoms with Crippen molar-refractivity contribution in [2.24, 2.45) is 0 Å². The van der Waals surface area contributed by atoms with Crippen LogP contribution in [0.1, 0.15) is 24.3 Å². The maximum atomic E-state index is 12.3. The number of nitrogen functional groups attached to an aromatic ring is 1. The summed E-state index contributed by atoms with van der Waals surface area (Å²) < 4.78 is 0. The Morgan fingerprint density at radius 3 is 2.04 bits per heavy atom. The Hall–Kier alpha value is -1.97. The minimum atomic E-state index is -0.976. The summed E-state index contributed by atoms with van der Waals surface area (Å²) in [7, 11) is 0. The first-order valence-electron chi connectivity index (χ1n) is 5.78. The monoisotopic (exact) mass is 335 g/mol. The zero-order chi connectivity index (χ0) is 13.8. The number of carbonyl (C=O) groups excluding carboxylic acids is 1. The Bertz CT molecular complexity index is 643. The molecule has 2 aromatic carbocycles. The normalized spacial score (nSPS) is 8.35. The molecule has 0 fully saturated rings. The van der Waals surface area contributed by atoms with E-state index in [-0.39, 0.29) is 60.2 Å². The molecular weight excluding hydrogens is 314 g/mol. The van der Waals surface area contributed by atoms with Crippen LogP contribution < -0.4 is 5.73 Å². The third kappa shape index (κ3) is 6.34. The molecule has 0 saturated heterocycles. The first-order chi connectivity index (χ1) is 9.09. The van der Waals surface area contributed by atoms with Crippen molar-refractivity contribution in [2.45, 2.75) is 6.42 Å². The van der Waals surface area contributed by atoms with Gasteiger partial charge in [-0.3, -0.25) is 9.59 Å². The van der Waals surface area contributed by atoms with Crippen molar-refractivity contribution >= 4 is 40.5 Å². The number of hydrogen-bond donors (Lipinski definition) is 2. The van der Waals surface area contributed by atoms with E-state index in [1.807, 2.05) is 6.07 Å². The Balaban J connectivity index is -0.000000222. The number of carbonyl (C=O) groups is 2. The maximum absolute atomic E-state index is 12.3. The number of anilines is 1. The Kier molecular flexibility index (Phi) is 13.1. The quantitative estimate of drug-likeness (QED) is 0.435. The molecule has 0 aliphatic heterocycles. The molecule has 2 aromatic rings. The summed E-state index contributed by atoms with van der Waals surface area (Å²) in [5.41, 5.74) is 7.44. The Labute approximate surface area is 152 Å². The molecule has 0 unspecified atom stereocenters. The van der Waals surface area contributed by atoms with Gasteiger partial charge in [0.25, 0.3) is 0 Å². The van der Waals surface area contributed by atoms with Gasteiger partial charge in [0.1, 0.15) is 0 Å². The van der Waals surface area contributed by atoms with Crippen LogP contribution >= 0.6 is 0 Å². The van der Waals surface area contributed by atoms with Gasteiger partial charge in [-0.2, -0.15) is 0 Å². The van der Waals surface area contributed by atoms with Gasteiger partial charge in [0.15, 0.2) is 5.78 Å². The second-order valence-corrected chi connectivity index (χ2v) is 4.14. The van der Waals surface area contributed by atoms with Gasteiger partial charge in [-0.1, -0.05) is 42.5 Å². The molecule has 0 saturated carbocycles. The number of ketones is 1. The van der Waals surface area contributed by atoms with Gasteiger partial charge in [-0.25, -0.2) is 0 Å². The molecule has 9 N–H and O–H groups in total. The molecule has 0 radical (unpaired) electrons. The molecule has 124 valence electrons. The standard InChI is InChI=1S/C15H13NO3.Mg.3H2O.2H/c16-14-11(9-13(17)18)7-4-8-12(14)15(19)10-5-2-1-3-6-10;;;;;;/h1-8H,9,16H2,(H,17,18);;3*1H2;;/q;+2;;;;2*-1. The van der Waals surface area contributed by atoms with Gasteiger partial charge in [0.2, 0.25) is 0 Å². The van der Waals surface area contributed by atoms with Crippen molar-refractivity contribution in [3.63, 3.8) is 0 Å². The molecule has 0 atom stereocenters. The van der Waals surface area contributed by atoms with E-state index in [0.29, 0.717) is 16.7 Å². The fourth-order valence-electron chi connectivity index (χ4n) is 1.87. The van der Waals surface area contributed by atoms with Crippen LogP contribution in [0.3, 0.4) is 0 Å². The fraction of sp³-hybridized carbons (Fsp3) is 0.0667. The van der Waals surface area contributed by atoms with Gasteiger partial charge in [0, 0.05) is 16.8 Å². The van der Waals surface area contributed by atoms with E-state index in [4.69, 9.17) is 10.8 Å². The van der Waals surface area contributed by atoms with Gasteiger partial charge in [0.05, 0.1) is 6.42 Å². The number of benzene rings is 2. The van der Waals surface area contributed by atoms with E-state index in [1.165, 1.54) is 0 Å². The molecule has 7 nitrogen and oxygen atoms in total. The summed E-state index contributed by atoms with van der Waals surface area (Å²) in [6.07, 6.45) is -0.193. The minimum Gasteiger partial charge on any atom is -1.00 e. The summed E-state index contributed by atoms with van der Waals surface area (Å²) in [6, 6.07) is 13.6. The average molecular weight is 336 g/mol. The summed E-state index contributed by atoms with van der Waals surface area (Å²) >= 11 is 0. The third-order valence-corrected chi connectivity index (χ3v) is 2.82. The number of aliphatic carboxylic acids is 1. The molecule has 2 rings (SSSR count). The number of rotatable bonds is 4. The predicted octanol–water partition coefficient (Wildman–Crippen LogP) is -0.503. The van der Waals surface area contributed by atoms with E-state index < -0.39 is 5.97 Å². The number of para-hydroxylation sites is 1. The zero-order valence-corrected chi connectivity index (χ0v) is 13.8. The van der Waals surface area contributed by atoms with Crippen LogP contribution in [0, 0.1) is 0 Å². The maximum Gasteiger partial charge on any atom is 2.00 e. The van der Waals surface area contributed by atoms with E-state index in [2.05, 4.69) is 0 Å². The smallest absolute Gasteiger partial charge is 1.00 e. The predicted molar refractivity (Wildman–Crippen MR) is 90.9 cm³/mol. The molecule has 0 bridgehead atoms. The van der Waals surface area contributed by atoms with Crippen LogP contribution in [0.5, 0.6) is 0 Å².